The van der Waals surface area contributed by atoms with Crippen LogP contribution in [0.15, 0.2) is 29.6 Å². The zero-order chi connectivity index (χ0) is 13.7. The average molecular weight is 276 g/mol. The third-order valence-electron chi connectivity index (χ3n) is 2.72. The van der Waals surface area contributed by atoms with Crippen LogP contribution in [-0.4, -0.2) is 22.5 Å². The summed E-state index contributed by atoms with van der Waals surface area (Å²) in [5.41, 5.74) is 1.65. The molecule has 0 bridgehead atoms. The number of thiazole rings is 1. The van der Waals surface area contributed by atoms with Crippen LogP contribution in [0.2, 0.25) is 0 Å². The van der Waals surface area contributed by atoms with Crippen LogP contribution in [0.3, 0.4) is 0 Å². The van der Waals surface area contributed by atoms with Crippen molar-refractivity contribution in [1.29, 1.82) is 0 Å². The van der Waals surface area contributed by atoms with E-state index in [0.29, 0.717) is 19.4 Å². The number of benzene rings is 1. The van der Waals surface area contributed by atoms with Crippen LogP contribution in [0, 0.1) is 6.92 Å². The summed E-state index contributed by atoms with van der Waals surface area (Å²) in [7, 11) is 0. The molecule has 0 aliphatic rings. The first-order valence-electron chi connectivity index (χ1n) is 6.10. The number of phenolic OH excluding ortho intramolecular Hbond substituents is 1. The number of phenols is 1. The molecule has 1 aromatic carbocycles. The average Bonchev–Trinajstić information content (AvgIpc) is 2.77. The predicted molar refractivity (Wildman–Crippen MR) is 75.4 cm³/mol. The Bertz CT molecular complexity index is 566. The van der Waals surface area contributed by atoms with Gasteiger partial charge in [-0.1, -0.05) is 18.2 Å². The van der Waals surface area contributed by atoms with Gasteiger partial charge in [0.05, 0.1) is 17.1 Å². The van der Waals surface area contributed by atoms with Gasteiger partial charge in [-0.15, -0.1) is 11.3 Å². The number of nitrogens with one attached hydrogen (secondary N) is 1. The second kappa shape index (κ2) is 6.33. The largest absolute Gasteiger partial charge is 0.508 e. The molecule has 0 fully saturated rings. The maximum Gasteiger partial charge on any atom is 0.226 e. The van der Waals surface area contributed by atoms with Crippen molar-refractivity contribution in [2.24, 2.45) is 0 Å². The van der Waals surface area contributed by atoms with E-state index in [4.69, 9.17) is 0 Å². The normalized spacial score (nSPS) is 10.4. The van der Waals surface area contributed by atoms with Gasteiger partial charge in [-0.25, -0.2) is 4.98 Å². The molecular weight excluding hydrogens is 260 g/mol. The van der Waals surface area contributed by atoms with Crippen LogP contribution in [0.1, 0.15) is 16.3 Å². The summed E-state index contributed by atoms with van der Waals surface area (Å²) in [5.74, 6) is 0.229. The van der Waals surface area contributed by atoms with Crippen molar-refractivity contribution in [1.82, 2.24) is 10.3 Å². The quantitative estimate of drug-likeness (QED) is 0.878. The lowest BCUT2D eigenvalue weighted by molar-refractivity contribution is -0.120. The van der Waals surface area contributed by atoms with Crippen LogP contribution in [0.4, 0.5) is 0 Å². The molecular formula is C14H16N2O2S. The van der Waals surface area contributed by atoms with Crippen LogP contribution in [0.5, 0.6) is 5.75 Å². The van der Waals surface area contributed by atoms with Gasteiger partial charge in [-0.2, -0.15) is 0 Å². The maximum atomic E-state index is 11.7. The second-order valence-electron chi connectivity index (χ2n) is 4.26. The molecule has 2 rings (SSSR count). The summed E-state index contributed by atoms with van der Waals surface area (Å²) < 4.78 is 0. The van der Waals surface area contributed by atoms with Gasteiger partial charge < -0.3 is 10.4 Å². The fourth-order valence-electron chi connectivity index (χ4n) is 1.78. The number of hydrogen-bond acceptors (Lipinski definition) is 4. The molecule has 0 aliphatic heterocycles. The fourth-order valence-corrected chi connectivity index (χ4v) is 2.39. The number of aromatic hydroxyl groups is 1. The van der Waals surface area contributed by atoms with Gasteiger partial charge in [-0.3, -0.25) is 4.79 Å². The highest BCUT2D eigenvalue weighted by Gasteiger charge is 2.06. The third kappa shape index (κ3) is 4.06. The minimum atomic E-state index is -0.0410. The number of aromatic nitrogens is 1. The van der Waals surface area contributed by atoms with Gasteiger partial charge in [0.2, 0.25) is 5.91 Å². The van der Waals surface area contributed by atoms with E-state index in [2.05, 4.69) is 10.3 Å². The number of carbonyl (C=O) groups is 1. The number of amides is 1. The summed E-state index contributed by atoms with van der Waals surface area (Å²) >= 11 is 1.54. The summed E-state index contributed by atoms with van der Waals surface area (Å²) in [6.07, 6.45) is 0.930. The number of para-hydroxylation sites is 1. The van der Waals surface area contributed by atoms with Crippen molar-refractivity contribution >= 4 is 17.2 Å². The van der Waals surface area contributed by atoms with Gasteiger partial charge in [0.15, 0.2) is 0 Å². The molecule has 0 saturated carbocycles. The first kappa shape index (κ1) is 13.5. The lowest BCUT2D eigenvalue weighted by Crippen LogP contribution is -2.27. The van der Waals surface area contributed by atoms with E-state index >= 15 is 0 Å². The predicted octanol–water partition coefficient (Wildman–Crippen LogP) is 2.06. The Hall–Kier alpha value is -1.88. The smallest absolute Gasteiger partial charge is 0.226 e. The Labute approximate surface area is 116 Å². The molecule has 0 spiro atoms. The molecule has 0 atom stereocenters. The monoisotopic (exact) mass is 276 g/mol. The molecule has 5 heteroatoms. The van der Waals surface area contributed by atoms with Gasteiger partial charge in [0.1, 0.15) is 5.75 Å². The Morgan fingerprint density at radius 1 is 1.42 bits per heavy atom. The van der Waals surface area contributed by atoms with Gasteiger partial charge >= 0.3 is 0 Å². The fraction of sp³-hybridized carbons (Fsp3) is 0.286. The number of nitrogens with zero attached hydrogens (tertiary/aromatic N) is 1. The molecule has 4 nitrogen and oxygen atoms in total. The Kier molecular flexibility index (Phi) is 4.52. The number of hydrogen-bond donors (Lipinski definition) is 2. The Morgan fingerprint density at radius 3 is 2.89 bits per heavy atom. The lowest BCUT2D eigenvalue weighted by atomic mass is 10.1. The molecule has 0 saturated heterocycles. The highest BCUT2D eigenvalue weighted by atomic mass is 32.1. The molecule has 2 aromatic rings. The molecule has 1 amide bonds. The second-order valence-corrected chi connectivity index (χ2v) is 5.33. The highest BCUT2D eigenvalue weighted by Crippen LogP contribution is 2.15. The van der Waals surface area contributed by atoms with Gasteiger partial charge in [-0.05, 0) is 25.0 Å². The van der Waals surface area contributed by atoms with E-state index in [-0.39, 0.29) is 11.7 Å². The minimum absolute atomic E-state index is 0.0410. The molecule has 0 radical (unpaired) electrons. The van der Waals surface area contributed by atoms with Crippen LogP contribution in [0.25, 0.3) is 0 Å². The van der Waals surface area contributed by atoms with Crippen LogP contribution >= 0.6 is 11.3 Å². The van der Waals surface area contributed by atoms with Crippen molar-refractivity contribution < 1.29 is 9.90 Å². The minimum Gasteiger partial charge on any atom is -0.508 e. The van der Waals surface area contributed by atoms with Gasteiger partial charge in [0.25, 0.3) is 0 Å². The summed E-state index contributed by atoms with van der Waals surface area (Å²) in [6.45, 7) is 2.43. The number of aryl methyl sites for hydroxylation is 1. The van der Waals surface area contributed by atoms with E-state index in [1.807, 2.05) is 24.4 Å². The van der Waals surface area contributed by atoms with Crippen LogP contribution in [-0.2, 0) is 17.6 Å². The molecule has 0 unspecified atom stereocenters. The topological polar surface area (TPSA) is 62.2 Å². The van der Waals surface area contributed by atoms with E-state index < -0.39 is 0 Å². The summed E-state index contributed by atoms with van der Waals surface area (Å²) in [5, 5.41) is 15.3. The van der Waals surface area contributed by atoms with E-state index in [0.717, 1.165) is 16.3 Å². The zero-order valence-electron chi connectivity index (χ0n) is 10.7. The zero-order valence-corrected chi connectivity index (χ0v) is 11.5. The SMILES string of the molecule is Cc1nc(CC(=O)NCCc2ccccc2O)cs1. The van der Waals surface area contributed by atoms with E-state index in [1.54, 1.807) is 23.5 Å². The van der Waals surface area contributed by atoms with Crippen molar-refractivity contribution in [3.8, 4) is 5.75 Å². The number of rotatable bonds is 5. The molecule has 19 heavy (non-hydrogen) atoms. The summed E-state index contributed by atoms with van der Waals surface area (Å²) in [6, 6.07) is 7.15. The van der Waals surface area contributed by atoms with Crippen molar-refractivity contribution in [3.63, 3.8) is 0 Å². The van der Waals surface area contributed by atoms with Crippen molar-refractivity contribution in [2.45, 2.75) is 19.8 Å². The molecule has 0 aliphatic carbocycles. The standard InChI is InChI=1S/C14H16N2O2S/c1-10-16-12(9-19-10)8-14(18)15-7-6-11-4-2-3-5-13(11)17/h2-5,9,17H,6-8H2,1H3,(H,15,18). The first-order valence-corrected chi connectivity index (χ1v) is 6.97. The van der Waals surface area contributed by atoms with E-state index in [9.17, 15) is 9.90 Å². The summed E-state index contributed by atoms with van der Waals surface area (Å²) in [4.78, 5) is 15.9. The van der Waals surface area contributed by atoms with Crippen molar-refractivity contribution in [3.05, 3.63) is 45.9 Å². The third-order valence-corrected chi connectivity index (χ3v) is 3.54. The number of carbonyl (C=O) groups excluding carboxylic acids is 1. The molecule has 1 heterocycles. The highest BCUT2D eigenvalue weighted by molar-refractivity contribution is 7.09. The molecule has 1 aromatic heterocycles. The van der Waals surface area contributed by atoms with Gasteiger partial charge in [0, 0.05) is 11.9 Å². The van der Waals surface area contributed by atoms with Crippen LogP contribution < -0.4 is 5.32 Å². The maximum absolute atomic E-state index is 11.7. The first-order chi connectivity index (χ1) is 9.15. The lowest BCUT2D eigenvalue weighted by Gasteiger charge is -2.05. The van der Waals surface area contributed by atoms with E-state index in [1.165, 1.54) is 0 Å². The Balaban J connectivity index is 1.77. The van der Waals surface area contributed by atoms with Crippen molar-refractivity contribution in [2.75, 3.05) is 6.54 Å². The molecule has 100 valence electrons. The molecule has 2 N–H and O–H groups in total. The Morgan fingerprint density at radius 2 is 2.21 bits per heavy atom.